The third-order valence-electron chi connectivity index (χ3n) is 5.14. The van der Waals surface area contributed by atoms with E-state index in [9.17, 15) is 17.6 Å². The van der Waals surface area contributed by atoms with Crippen molar-refractivity contribution in [3.8, 4) is 0 Å². The number of nitrogens with one attached hydrogen (secondary N) is 1. The maximum Gasteiger partial charge on any atom is 0.243 e. The van der Waals surface area contributed by atoms with Gasteiger partial charge in [0.05, 0.1) is 16.9 Å². The lowest BCUT2D eigenvalue weighted by Gasteiger charge is -2.32. The van der Waals surface area contributed by atoms with Gasteiger partial charge < -0.3 is 5.32 Å². The number of piperidine rings is 1. The van der Waals surface area contributed by atoms with Gasteiger partial charge in [0.2, 0.25) is 15.9 Å². The van der Waals surface area contributed by atoms with Crippen molar-refractivity contribution in [3.05, 3.63) is 65.5 Å². The van der Waals surface area contributed by atoms with Crippen molar-refractivity contribution in [1.29, 1.82) is 0 Å². The summed E-state index contributed by atoms with van der Waals surface area (Å²) in [5.41, 5.74) is 2.15. The molecule has 1 amide bonds. The van der Waals surface area contributed by atoms with E-state index in [1.54, 1.807) is 0 Å². The summed E-state index contributed by atoms with van der Waals surface area (Å²) in [6.07, 6.45) is 1.25. The van der Waals surface area contributed by atoms with Gasteiger partial charge in [-0.05, 0) is 56.5 Å². The number of sulfonamides is 1. The van der Waals surface area contributed by atoms with Gasteiger partial charge in [0.1, 0.15) is 5.82 Å². The number of rotatable bonds is 5. The van der Waals surface area contributed by atoms with E-state index < -0.39 is 21.8 Å². The van der Waals surface area contributed by atoms with Crippen molar-refractivity contribution in [2.75, 3.05) is 13.1 Å². The molecule has 5 nitrogen and oxygen atoms in total. The zero-order valence-electron chi connectivity index (χ0n) is 16.1. The lowest BCUT2D eigenvalue weighted by atomic mass is 9.97. The third-order valence-corrected chi connectivity index (χ3v) is 7.02. The summed E-state index contributed by atoms with van der Waals surface area (Å²) in [6.45, 7) is 4.41. The fourth-order valence-corrected chi connectivity index (χ4v) is 4.92. The number of carbonyl (C=O) groups is 1. The molecule has 1 aliphatic rings. The molecule has 1 saturated heterocycles. The average Bonchev–Trinajstić information content (AvgIpc) is 2.69. The highest BCUT2D eigenvalue weighted by atomic mass is 32.2. The Morgan fingerprint density at radius 3 is 2.43 bits per heavy atom. The van der Waals surface area contributed by atoms with Crippen molar-refractivity contribution in [2.24, 2.45) is 5.92 Å². The number of benzene rings is 2. The van der Waals surface area contributed by atoms with E-state index in [-0.39, 0.29) is 23.4 Å². The number of hydrogen-bond acceptors (Lipinski definition) is 3. The Morgan fingerprint density at radius 2 is 1.79 bits per heavy atom. The predicted octanol–water partition coefficient (Wildman–Crippen LogP) is 3.41. The quantitative estimate of drug-likeness (QED) is 0.830. The number of aryl methyl sites for hydroxylation is 1. The van der Waals surface area contributed by atoms with Gasteiger partial charge in [0.25, 0.3) is 0 Å². The van der Waals surface area contributed by atoms with Gasteiger partial charge in [-0.2, -0.15) is 4.31 Å². The molecule has 0 aromatic heterocycles. The van der Waals surface area contributed by atoms with Crippen molar-refractivity contribution in [2.45, 2.75) is 37.6 Å². The Bertz CT molecular complexity index is 927. The Hall–Kier alpha value is -2.25. The highest BCUT2D eigenvalue weighted by Gasteiger charge is 2.33. The molecule has 1 fully saturated rings. The number of halogens is 1. The second kappa shape index (κ2) is 8.41. The Morgan fingerprint density at radius 1 is 1.14 bits per heavy atom. The summed E-state index contributed by atoms with van der Waals surface area (Å²) < 4.78 is 40.1. The Balaban J connectivity index is 1.67. The van der Waals surface area contributed by atoms with Gasteiger partial charge in [0, 0.05) is 13.1 Å². The van der Waals surface area contributed by atoms with Gasteiger partial charge in [-0.1, -0.05) is 29.8 Å². The third kappa shape index (κ3) is 4.59. The monoisotopic (exact) mass is 404 g/mol. The lowest BCUT2D eigenvalue weighted by Crippen LogP contribution is -2.45. The normalized spacial score (nSPS) is 19.2. The second-order valence-electron chi connectivity index (χ2n) is 7.30. The largest absolute Gasteiger partial charge is 0.349 e. The number of amides is 1. The van der Waals surface area contributed by atoms with Crippen LogP contribution in [0.4, 0.5) is 4.39 Å². The molecule has 1 N–H and O–H groups in total. The van der Waals surface area contributed by atoms with E-state index in [1.807, 2.05) is 38.1 Å². The van der Waals surface area contributed by atoms with Gasteiger partial charge in [0.15, 0.2) is 0 Å². The Kier molecular flexibility index (Phi) is 6.15. The van der Waals surface area contributed by atoms with Crippen molar-refractivity contribution in [3.63, 3.8) is 0 Å². The fourth-order valence-electron chi connectivity index (χ4n) is 3.40. The summed E-state index contributed by atoms with van der Waals surface area (Å²) in [5.74, 6) is -1.04. The van der Waals surface area contributed by atoms with E-state index >= 15 is 0 Å². The molecule has 1 heterocycles. The molecule has 2 aromatic rings. The van der Waals surface area contributed by atoms with Crippen LogP contribution < -0.4 is 5.32 Å². The molecular formula is C21H25FN2O3S. The zero-order chi connectivity index (χ0) is 20.3. The van der Waals surface area contributed by atoms with Crippen LogP contribution >= 0.6 is 0 Å². The molecule has 2 unspecified atom stereocenters. The van der Waals surface area contributed by atoms with E-state index in [1.165, 1.54) is 16.4 Å². The maximum atomic E-state index is 13.1. The SMILES string of the molecule is Cc1ccc(C(C)NC(=O)C2CCCN(S(=O)(=O)c3ccc(F)cc3)C2)cc1. The minimum Gasteiger partial charge on any atom is -0.349 e. The summed E-state index contributed by atoms with van der Waals surface area (Å²) >= 11 is 0. The molecular weight excluding hydrogens is 379 g/mol. The molecule has 1 aliphatic heterocycles. The van der Waals surface area contributed by atoms with E-state index in [4.69, 9.17) is 0 Å². The van der Waals surface area contributed by atoms with Gasteiger partial charge in [-0.15, -0.1) is 0 Å². The van der Waals surface area contributed by atoms with Crippen LogP contribution in [0.3, 0.4) is 0 Å². The minimum atomic E-state index is -3.74. The van der Waals surface area contributed by atoms with Crippen LogP contribution in [0.25, 0.3) is 0 Å². The zero-order valence-corrected chi connectivity index (χ0v) is 16.9. The maximum absolute atomic E-state index is 13.1. The van der Waals surface area contributed by atoms with Crippen LogP contribution in [0.2, 0.25) is 0 Å². The summed E-state index contributed by atoms with van der Waals surface area (Å²) in [5, 5.41) is 2.99. The van der Waals surface area contributed by atoms with Gasteiger partial charge in [-0.3, -0.25) is 4.79 Å². The molecule has 0 bridgehead atoms. The van der Waals surface area contributed by atoms with Crippen LogP contribution in [0, 0.1) is 18.7 Å². The van der Waals surface area contributed by atoms with Crippen LogP contribution in [-0.2, 0) is 14.8 Å². The highest BCUT2D eigenvalue weighted by Crippen LogP contribution is 2.25. The van der Waals surface area contributed by atoms with E-state index in [0.717, 1.165) is 23.3 Å². The predicted molar refractivity (Wildman–Crippen MR) is 106 cm³/mol. The van der Waals surface area contributed by atoms with Crippen LogP contribution in [-0.4, -0.2) is 31.7 Å². The molecule has 7 heteroatoms. The fraction of sp³-hybridized carbons (Fsp3) is 0.381. The molecule has 2 atom stereocenters. The number of carbonyl (C=O) groups excluding carboxylic acids is 1. The smallest absolute Gasteiger partial charge is 0.243 e. The second-order valence-corrected chi connectivity index (χ2v) is 9.24. The lowest BCUT2D eigenvalue weighted by molar-refractivity contribution is -0.126. The molecule has 0 radical (unpaired) electrons. The Labute approximate surface area is 165 Å². The van der Waals surface area contributed by atoms with Gasteiger partial charge in [-0.25, -0.2) is 12.8 Å². The summed E-state index contributed by atoms with van der Waals surface area (Å²) in [7, 11) is -3.74. The highest BCUT2D eigenvalue weighted by molar-refractivity contribution is 7.89. The molecule has 150 valence electrons. The molecule has 3 rings (SSSR count). The van der Waals surface area contributed by atoms with Crippen molar-refractivity contribution >= 4 is 15.9 Å². The topological polar surface area (TPSA) is 66.5 Å². The first-order valence-corrected chi connectivity index (χ1v) is 10.8. The molecule has 0 saturated carbocycles. The van der Waals surface area contributed by atoms with Gasteiger partial charge >= 0.3 is 0 Å². The molecule has 0 aliphatic carbocycles. The summed E-state index contributed by atoms with van der Waals surface area (Å²) in [6, 6.07) is 12.6. The number of hydrogen-bond donors (Lipinski definition) is 1. The first kappa shape index (κ1) is 20.5. The van der Waals surface area contributed by atoms with Crippen LogP contribution in [0.1, 0.15) is 36.9 Å². The first-order valence-electron chi connectivity index (χ1n) is 9.40. The summed E-state index contributed by atoms with van der Waals surface area (Å²) in [4.78, 5) is 12.8. The average molecular weight is 405 g/mol. The first-order chi connectivity index (χ1) is 13.3. The van der Waals surface area contributed by atoms with Crippen molar-refractivity contribution < 1.29 is 17.6 Å². The molecule has 0 spiro atoms. The molecule has 28 heavy (non-hydrogen) atoms. The molecule has 2 aromatic carbocycles. The van der Waals surface area contributed by atoms with E-state index in [0.29, 0.717) is 19.4 Å². The van der Waals surface area contributed by atoms with Crippen LogP contribution in [0.5, 0.6) is 0 Å². The van der Waals surface area contributed by atoms with Crippen LogP contribution in [0.15, 0.2) is 53.4 Å². The number of nitrogens with zero attached hydrogens (tertiary/aromatic N) is 1. The standard InChI is InChI=1S/C21H25FN2O3S/c1-15-5-7-17(8-6-15)16(2)23-21(25)18-4-3-13-24(14-18)28(26,27)20-11-9-19(22)10-12-20/h5-12,16,18H,3-4,13-14H2,1-2H3,(H,23,25). The minimum absolute atomic E-state index is 0.0444. The van der Waals surface area contributed by atoms with Crippen molar-refractivity contribution in [1.82, 2.24) is 9.62 Å². The van der Waals surface area contributed by atoms with E-state index in [2.05, 4.69) is 5.32 Å².